The van der Waals surface area contributed by atoms with Crippen molar-refractivity contribution >= 4 is 24.2 Å². The normalized spacial score (nSPS) is 11.6. The van der Waals surface area contributed by atoms with E-state index < -0.39 is 0 Å². The zero-order chi connectivity index (χ0) is 14.0. The molecule has 0 aromatic rings. The lowest BCUT2D eigenvalue weighted by Gasteiger charge is -2.13. The number of halogens is 1. The largest absolute Gasteiger partial charge is 0.355 e. The molecule has 0 aromatic carbocycles. The van der Waals surface area contributed by atoms with Gasteiger partial charge in [-0.25, -0.2) is 0 Å². The van der Waals surface area contributed by atoms with E-state index in [2.05, 4.69) is 16.0 Å². The first-order valence-corrected chi connectivity index (χ1v) is 6.75. The number of hydrogen-bond acceptors (Lipinski definition) is 3. The minimum absolute atomic E-state index is 0. The number of carbonyl (C=O) groups is 2. The van der Waals surface area contributed by atoms with Crippen molar-refractivity contribution < 1.29 is 9.59 Å². The molecule has 1 atom stereocenters. The summed E-state index contributed by atoms with van der Waals surface area (Å²) < 4.78 is 0. The van der Waals surface area contributed by atoms with Gasteiger partial charge in [-0.2, -0.15) is 0 Å². The third kappa shape index (κ3) is 13.4. The summed E-state index contributed by atoms with van der Waals surface area (Å²) in [6.45, 7) is 9.43. The first kappa shape index (κ1) is 20.5. The monoisotopic (exact) mass is 293 g/mol. The van der Waals surface area contributed by atoms with Crippen molar-refractivity contribution in [3.05, 3.63) is 0 Å². The summed E-state index contributed by atoms with van der Waals surface area (Å²) in [4.78, 5) is 22.8. The van der Waals surface area contributed by atoms with Gasteiger partial charge in [0.05, 0.1) is 0 Å². The molecule has 0 spiro atoms. The second kappa shape index (κ2) is 12.2. The number of hydrogen-bond donors (Lipinski definition) is 3. The molecule has 0 fully saturated rings. The molecule has 5 nitrogen and oxygen atoms in total. The summed E-state index contributed by atoms with van der Waals surface area (Å²) in [6, 6.07) is 0.440. The van der Waals surface area contributed by atoms with E-state index in [1.54, 1.807) is 0 Å². The zero-order valence-corrected chi connectivity index (χ0v) is 13.2. The lowest BCUT2D eigenvalue weighted by molar-refractivity contribution is -0.122. The van der Waals surface area contributed by atoms with Crippen LogP contribution in [0.5, 0.6) is 0 Å². The van der Waals surface area contributed by atoms with Crippen LogP contribution in [0.15, 0.2) is 0 Å². The Labute approximate surface area is 122 Å². The SMILES string of the molecule is CCN[C@H](C)CNC(=O)CCCC(=O)NC(C)C.Cl. The first-order valence-electron chi connectivity index (χ1n) is 6.75. The Kier molecular flexibility index (Phi) is 13.2. The van der Waals surface area contributed by atoms with Crippen LogP contribution < -0.4 is 16.0 Å². The van der Waals surface area contributed by atoms with E-state index in [0.29, 0.717) is 25.8 Å². The van der Waals surface area contributed by atoms with Gasteiger partial charge >= 0.3 is 0 Å². The molecule has 0 saturated carbocycles. The standard InChI is InChI=1S/C13H27N3O2.ClH/c1-5-14-11(4)9-15-12(17)7-6-8-13(18)16-10(2)3;/h10-11,14H,5-9H2,1-4H3,(H,15,17)(H,16,18);1H/t11-;/m1./s1. The van der Waals surface area contributed by atoms with Crippen molar-refractivity contribution in [1.82, 2.24) is 16.0 Å². The van der Waals surface area contributed by atoms with Crippen molar-refractivity contribution in [2.45, 2.75) is 59.0 Å². The van der Waals surface area contributed by atoms with Crippen LogP contribution in [0.25, 0.3) is 0 Å². The molecule has 0 aliphatic rings. The van der Waals surface area contributed by atoms with Gasteiger partial charge in [0.1, 0.15) is 0 Å². The molecule has 0 saturated heterocycles. The van der Waals surface area contributed by atoms with Gasteiger partial charge in [0, 0.05) is 31.5 Å². The van der Waals surface area contributed by atoms with Crippen LogP contribution in [0.3, 0.4) is 0 Å². The van der Waals surface area contributed by atoms with E-state index in [1.807, 2.05) is 27.7 Å². The van der Waals surface area contributed by atoms with Crippen molar-refractivity contribution in [2.75, 3.05) is 13.1 Å². The van der Waals surface area contributed by atoms with Crippen LogP contribution in [0.2, 0.25) is 0 Å². The highest BCUT2D eigenvalue weighted by Crippen LogP contribution is 1.96. The molecule has 114 valence electrons. The number of rotatable bonds is 9. The Morgan fingerprint density at radius 3 is 2.16 bits per heavy atom. The van der Waals surface area contributed by atoms with E-state index in [1.165, 1.54) is 0 Å². The average Bonchev–Trinajstić information content (AvgIpc) is 2.25. The molecule has 0 heterocycles. The maximum atomic E-state index is 11.5. The Morgan fingerprint density at radius 2 is 1.63 bits per heavy atom. The predicted octanol–water partition coefficient (Wildman–Crippen LogP) is 1.22. The van der Waals surface area contributed by atoms with E-state index in [-0.39, 0.29) is 36.3 Å². The third-order valence-corrected chi connectivity index (χ3v) is 2.42. The molecule has 3 N–H and O–H groups in total. The molecule has 0 aliphatic carbocycles. The van der Waals surface area contributed by atoms with Crippen LogP contribution in [-0.2, 0) is 9.59 Å². The summed E-state index contributed by atoms with van der Waals surface area (Å²) in [6.07, 6.45) is 1.42. The summed E-state index contributed by atoms with van der Waals surface area (Å²) in [7, 11) is 0. The zero-order valence-electron chi connectivity index (χ0n) is 12.4. The Morgan fingerprint density at radius 1 is 1.05 bits per heavy atom. The lowest BCUT2D eigenvalue weighted by Crippen LogP contribution is -2.38. The van der Waals surface area contributed by atoms with Gasteiger partial charge in [-0.15, -0.1) is 12.4 Å². The number of nitrogens with one attached hydrogen (secondary N) is 3. The van der Waals surface area contributed by atoms with E-state index >= 15 is 0 Å². The molecule has 0 rings (SSSR count). The van der Waals surface area contributed by atoms with Crippen LogP contribution in [0.4, 0.5) is 0 Å². The van der Waals surface area contributed by atoms with E-state index in [9.17, 15) is 9.59 Å². The summed E-state index contributed by atoms with van der Waals surface area (Å²) >= 11 is 0. The maximum absolute atomic E-state index is 11.5. The molecule has 0 aliphatic heterocycles. The topological polar surface area (TPSA) is 70.2 Å². The van der Waals surface area contributed by atoms with Crippen LogP contribution in [0.1, 0.15) is 47.0 Å². The van der Waals surface area contributed by atoms with Crippen LogP contribution in [0, 0.1) is 0 Å². The van der Waals surface area contributed by atoms with Gasteiger partial charge in [0.25, 0.3) is 0 Å². The number of likely N-dealkylation sites (N-methyl/N-ethyl adjacent to an activating group) is 1. The van der Waals surface area contributed by atoms with Crippen LogP contribution in [-0.4, -0.2) is 37.0 Å². The van der Waals surface area contributed by atoms with Gasteiger partial charge in [-0.3, -0.25) is 9.59 Å². The average molecular weight is 294 g/mol. The smallest absolute Gasteiger partial charge is 0.220 e. The highest BCUT2D eigenvalue weighted by Gasteiger charge is 2.07. The lowest BCUT2D eigenvalue weighted by atomic mass is 10.2. The van der Waals surface area contributed by atoms with E-state index in [0.717, 1.165) is 6.54 Å². The molecule has 0 aromatic heterocycles. The molecule has 0 bridgehead atoms. The fourth-order valence-electron chi connectivity index (χ4n) is 1.58. The molecular formula is C13H28ClN3O2. The quantitative estimate of drug-likeness (QED) is 0.599. The van der Waals surface area contributed by atoms with Crippen LogP contribution >= 0.6 is 12.4 Å². The minimum atomic E-state index is 0. The highest BCUT2D eigenvalue weighted by atomic mass is 35.5. The highest BCUT2D eigenvalue weighted by molar-refractivity contribution is 5.85. The fraction of sp³-hybridized carbons (Fsp3) is 0.846. The molecule has 0 radical (unpaired) electrons. The number of carbonyl (C=O) groups excluding carboxylic acids is 2. The Balaban J connectivity index is 0. The summed E-state index contributed by atoms with van der Waals surface area (Å²) in [5, 5.41) is 8.87. The molecule has 19 heavy (non-hydrogen) atoms. The Bertz CT molecular complexity index is 260. The predicted molar refractivity (Wildman–Crippen MR) is 80.5 cm³/mol. The minimum Gasteiger partial charge on any atom is -0.355 e. The maximum Gasteiger partial charge on any atom is 0.220 e. The first-order chi connectivity index (χ1) is 8.45. The van der Waals surface area contributed by atoms with Crippen molar-refractivity contribution in [3.8, 4) is 0 Å². The van der Waals surface area contributed by atoms with E-state index in [4.69, 9.17) is 0 Å². The molecule has 2 amide bonds. The third-order valence-electron chi connectivity index (χ3n) is 2.42. The second-order valence-corrected chi connectivity index (χ2v) is 4.84. The van der Waals surface area contributed by atoms with Gasteiger partial charge < -0.3 is 16.0 Å². The molecular weight excluding hydrogens is 266 g/mol. The number of amides is 2. The second-order valence-electron chi connectivity index (χ2n) is 4.84. The van der Waals surface area contributed by atoms with Gasteiger partial charge in [-0.05, 0) is 33.7 Å². The van der Waals surface area contributed by atoms with Crippen molar-refractivity contribution in [3.63, 3.8) is 0 Å². The van der Waals surface area contributed by atoms with Gasteiger partial charge in [0.15, 0.2) is 0 Å². The molecule has 0 unspecified atom stereocenters. The van der Waals surface area contributed by atoms with Gasteiger partial charge in [-0.1, -0.05) is 6.92 Å². The van der Waals surface area contributed by atoms with Crippen molar-refractivity contribution in [1.29, 1.82) is 0 Å². The van der Waals surface area contributed by atoms with Gasteiger partial charge in [0.2, 0.25) is 11.8 Å². The van der Waals surface area contributed by atoms with Crippen molar-refractivity contribution in [2.24, 2.45) is 0 Å². The summed E-state index contributed by atoms with van der Waals surface area (Å²) in [5.74, 6) is 0.0240. The molecule has 6 heteroatoms. The fourth-order valence-corrected chi connectivity index (χ4v) is 1.58. The summed E-state index contributed by atoms with van der Waals surface area (Å²) in [5.41, 5.74) is 0. The Hall–Kier alpha value is -0.810.